The number of rotatable bonds is 8. The lowest BCUT2D eigenvalue weighted by atomic mass is 9.93. The molecule has 8 heteroatoms. The van der Waals surface area contributed by atoms with E-state index in [9.17, 15) is 4.79 Å². The number of carbonyl (C=O) groups is 1. The van der Waals surface area contributed by atoms with Gasteiger partial charge in [-0.25, -0.2) is 0 Å². The van der Waals surface area contributed by atoms with E-state index in [1.54, 1.807) is 18.9 Å². The van der Waals surface area contributed by atoms with Crippen LogP contribution < -0.4 is 5.32 Å². The average Bonchev–Trinajstić information content (AvgIpc) is 3.02. The van der Waals surface area contributed by atoms with Crippen LogP contribution in [0.2, 0.25) is 0 Å². The number of ether oxygens (including phenoxy) is 1. The van der Waals surface area contributed by atoms with Crippen LogP contribution in [0.3, 0.4) is 0 Å². The Kier molecular flexibility index (Phi) is 7.75. The molecule has 0 aliphatic heterocycles. The maximum absolute atomic E-state index is 12.4. The van der Waals surface area contributed by atoms with Crippen LogP contribution in [0.5, 0.6) is 0 Å². The molecule has 0 bridgehead atoms. The molecule has 130 valence electrons. The van der Waals surface area contributed by atoms with Crippen molar-refractivity contribution in [3.8, 4) is 0 Å². The molecule has 1 aromatic heterocycles. The van der Waals surface area contributed by atoms with Gasteiger partial charge in [-0.15, -0.1) is 10.2 Å². The van der Waals surface area contributed by atoms with E-state index in [2.05, 4.69) is 20.4 Å². The van der Waals surface area contributed by atoms with Gasteiger partial charge in [0, 0.05) is 18.9 Å². The first-order chi connectivity index (χ1) is 11.1. The highest BCUT2D eigenvalue weighted by molar-refractivity contribution is 8.01. The number of thioether (sulfide) groups is 1. The third-order valence-electron chi connectivity index (χ3n) is 4.29. The van der Waals surface area contributed by atoms with Crippen LogP contribution in [-0.4, -0.2) is 59.6 Å². The number of likely N-dealkylation sites (N-methyl/N-ethyl adjacent to an activating group) is 1. The summed E-state index contributed by atoms with van der Waals surface area (Å²) in [4.78, 5) is 14.6. The van der Waals surface area contributed by atoms with Gasteiger partial charge in [0.05, 0.1) is 12.6 Å². The standard InChI is InChI=1S/C15H26N4O2S2/c1-11(19(2)12-7-5-4-6-8-12)13(20)16-14-17-18-15(23-14)22-10-9-21-3/h11-12H,4-10H2,1-3H3,(H,16,17,20). The first kappa shape index (κ1) is 18.6. The Morgan fingerprint density at radius 2 is 2.17 bits per heavy atom. The van der Waals surface area contributed by atoms with E-state index in [4.69, 9.17) is 4.74 Å². The monoisotopic (exact) mass is 358 g/mol. The van der Waals surface area contributed by atoms with Gasteiger partial charge in [-0.05, 0) is 26.8 Å². The summed E-state index contributed by atoms with van der Waals surface area (Å²) in [7, 11) is 3.73. The highest BCUT2D eigenvalue weighted by atomic mass is 32.2. The van der Waals surface area contributed by atoms with E-state index in [1.165, 1.54) is 43.4 Å². The summed E-state index contributed by atoms with van der Waals surface area (Å²) in [6.45, 7) is 2.63. The summed E-state index contributed by atoms with van der Waals surface area (Å²) in [6.07, 6.45) is 6.23. The van der Waals surface area contributed by atoms with E-state index in [0.717, 1.165) is 10.1 Å². The zero-order valence-electron chi connectivity index (χ0n) is 14.1. The Hall–Kier alpha value is -0.700. The van der Waals surface area contributed by atoms with Crippen molar-refractivity contribution in [1.82, 2.24) is 15.1 Å². The van der Waals surface area contributed by atoms with Crippen molar-refractivity contribution >= 4 is 34.1 Å². The molecular weight excluding hydrogens is 332 g/mol. The van der Waals surface area contributed by atoms with E-state index in [1.807, 2.05) is 14.0 Å². The Labute approximate surface area is 146 Å². The number of carbonyl (C=O) groups excluding carboxylic acids is 1. The smallest absolute Gasteiger partial charge is 0.243 e. The second kappa shape index (κ2) is 9.56. The van der Waals surface area contributed by atoms with Crippen LogP contribution in [0.15, 0.2) is 4.34 Å². The lowest BCUT2D eigenvalue weighted by Gasteiger charge is -2.34. The number of nitrogens with zero attached hydrogens (tertiary/aromatic N) is 3. The minimum absolute atomic E-state index is 0.0114. The van der Waals surface area contributed by atoms with Crippen LogP contribution in [0.25, 0.3) is 0 Å². The summed E-state index contributed by atoms with van der Waals surface area (Å²) in [5, 5.41) is 11.6. The Bertz CT molecular complexity index is 492. The molecule has 6 nitrogen and oxygen atoms in total. The summed E-state index contributed by atoms with van der Waals surface area (Å²) in [5.41, 5.74) is 0. The van der Waals surface area contributed by atoms with Crippen LogP contribution in [0.1, 0.15) is 39.0 Å². The molecule has 1 atom stereocenters. The van der Waals surface area contributed by atoms with Crippen molar-refractivity contribution < 1.29 is 9.53 Å². The molecule has 0 aromatic carbocycles. The van der Waals surface area contributed by atoms with Crippen molar-refractivity contribution in [2.75, 3.05) is 31.8 Å². The number of hydrogen-bond donors (Lipinski definition) is 1. The predicted octanol–water partition coefficient (Wildman–Crippen LogP) is 2.87. The maximum atomic E-state index is 12.4. The van der Waals surface area contributed by atoms with Gasteiger partial charge in [-0.1, -0.05) is 42.4 Å². The molecule has 1 unspecified atom stereocenters. The molecule has 0 spiro atoms. The normalized spacial score (nSPS) is 17.4. The van der Waals surface area contributed by atoms with E-state index >= 15 is 0 Å². The molecule has 0 radical (unpaired) electrons. The molecule has 1 N–H and O–H groups in total. The summed E-state index contributed by atoms with van der Waals surface area (Å²) >= 11 is 3.00. The quantitative estimate of drug-likeness (QED) is 0.438. The Balaban J connectivity index is 1.82. The molecule has 1 aliphatic carbocycles. The van der Waals surface area contributed by atoms with Gasteiger partial charge in [0.2, 0.25) is 11.0 Å². The molecule has 1 heterocycles. The maximum Gasteiger partial charge on any atom is 0.243 e. The minimum Gasteiger partial charge on any atom is -0.384 e. The van der Waals surface area contributed by atoms with Crippen LogP contribution in [-0.2, 0) is 9.53 Å². The van der Waals surface area contributed by atoms with Gasteiger partial charge in [-0.2, -0.15) is 0 Å². The lowest BCUT2D eigenvalue weighted by Crippen LogP contribution is -2.46. The topological polar surface area (TPSA) is 67.4 Å². The first-order valence-corrected chi connectivity index (χ1v) is 9.90. The highest BCUT2D eigenvalue weighted by Crippen LogP contribution is 2.26. The summed E-state index contributed by atoms with van der Waals surface area (Å²) in [6, 6.07) is 0.352. The Morgan fingerprint density at radius 3 is 2.87 bits per heavy atom. The van der Waals surface area contributed by atoms with Gasteiger partial charge in [0.15, 0.2) is 4.34 Å². The molecule has 0 saturated heterocycles. The van der Waals surface area contributed by atoms with Crippen molar-refractivity contribution in [1.29, 1.82) is 0 Å². The third kappa shape index (κ3) is 5.70. The fourth-order valence-electron chi connectivity index (χ4n) is 2.73. The molecule has 1 aliphatic rings. The molecular formula is C15H26N4O2S2. The molecule has 1 saturated carbocycles. The van der Waals surface area contributed by atoms with Gasteiger partial charge in [-0.3, -0.25) is 15.0 Å². The van der Waals surface area contributed by atoms with Crippen LogP contribution in [0, 0.1) is 0 Å². The molecule has 1 aromatic rings. The predicted molar refractivity (Wildman–Crippen MR) is 95.2 cm³/mol. The average molecular weight is 359 g/mol. The number of nitrogens with one attached hydrogen (secondary N) is 1. The van der Waals surface area contributed by atoms with Gasteiger partial charge in [0.25, 0.3) is 0 Å². The second-order valence-electron chi connectivity index (χ2n) is 5.84. The molecule has 2 rings (SSSR count). The third-order valence-corrected chi connectivity index (χ3v) is 6.23. The van der Waals surface area contributed by atoms with Crippen molar-refractivity contribution in [3.63, 3.8) is 0 Å². The van der Waals surface area contributed by atoms with Gasteiger partial charge >= 0.3 is 0 Å². The first-order valence-electron chi connectivity index (χ1n) is 8.10. The Morgan fingerprint density at radius 1 is 1.43 bits per heavy atom. The van der Waals surface area contributed by atoms with Crippen LogP contribution >= 0.6 is 23.1 Å². The fraction of sp³-hybridized carbons (Fsp3) is 0.800. The number of hydrogen-bond acceptors (Lipinski definition) is 7. The zero-order chi connectivity index (χ0) is 16.7. The second-order valence-corrected chi connectivity index (χ2v) is 8.16. The lowest BCUT2D eigenvalue weighted by molar-refractivity contribution is -0.121. The minimum atomic E-state index is -0.161. The largest absolute Gasteiger partial charge is 0.384 e. The van der Waals surface area contributed by atoms with Crippen molar-refractivity contribution in [2.24, 2.45) is 0 Å². The van der Waals surface area contributed by atoms with Gasteiger partial charge in [0.1, 0.15) is 0 Å². The summed E-state index contributed by atoms with van der Waals surface area (Å²) < 4.78 is 5.86. The number of amides is 1. The number of aromatic nitrogens is 2. The van der Waals surface area contributed by atoms with Crippen molar-refractivity contribution in [2.45, 2.75) is 55.5 Å². The van der Waals surface area contributed by atoms with Gasteiger partial charge < -0.3 is 4.74 Å². The number of methoxy groups -OCH3 is 1. The van der Waals surface area contributed by atoms with Crippen molar-refractivity contribution in [3.05, 3.63) is 0 Å². The highest BCUT2D eigenvalue weighted by Gasteiger charge is 2.26. The molecule has 23 heavy (non-hydrogen) atoms. The fourth-order valence-corrected chi connectivity index (χ4v) is 4.46. The van der Waals surface area contributed by atoms with E-state index < -0.39 is 0 Å². The number of anilines is 1. The van der Waals surface area contributed by atoms with E-state index in [-0.39, 0.29) is 11.9 Å². The van der Waals surface area contributed by atoms with E-state index in [0.29, 0.717) is 17.8 Å². The van der Waals surface area contributed by atoms with Crippen LogP contribution in [0.4, 0.5) is 5.13 Å². The summed E-state index contributed by atoms with van der Waals surface area (Å²) in [5.74, 6) is 0.822. The zero-order valence-corrected chi connectivity index (χ0v) is 15.7. The SMILES string of the molecule is COCCSc1nnc(NC(=O)C(C)N(C)C2CCCCC2)s1. The molecule has 1 amide bonds. The molecule has 1 fully saturated rings.